The number of nitrogens with zero attached hydrogens (tertiary/aromatic N) is 2. The summed E-state index contributed by atoms with van der Waals surface area (Å²) in [4.78, 5) is 15.7. The molecular formula is C26H27N5O4. The number of rotatable bonds is 6. The number of anilines is 3. The van der Waals surface area contributed by atoms with E-state index >= 15 is 0 Å². The SMILES string of the molecule is COc1ccc(NC(=O)C2CC2)cc1.OCC1COc2c1ccnc2Nc1n[nH]c2ccccc12. The maximum Gasteiger partial charge on any atom is 0.227 e. The number of fused-ring (bicyclic) bond motifs is 2. The number of nitrogens with one attached hydrogen (secondary N) is 3. The van der Waals surface area contributed by atoms with E-state index in [1.54, 1.807) is 13.3 Å². The van der Waals surface area contributed by atoms with Gasteiger partial charge in [-0.1, -0.05) is 12.1 Å². The first-order valence-corrected chi connectivity index (χ1v) is 11.5. The lowest BCUT2D eigenvalue weighted by atomic mass is 10.0. The highest BCUT2D eigenvalue weighted by Crippen LogP contribution is 2.39. The highest BCUT2D eigenvalue weighted by Gasteiger charge is 2.29. The monoisotopic (exact) mass is 473 g/mol. The average molecular weight is 474 g/mol. The fraction of sp³-hybridized carbons (Fsp3) is 0.269. The van der Waals surface area contributed by atoms with Gasteiger partial charge in [0, 0.05) is 34.7 Å². The predicted molar refractivity (Wildman–Crippen MR) is 133 cm³/mol. The fourth-order valence-corrected chi connectivity index (χ4v) is 3.89. The van der Waals surface area contributed by atoms with E-state index in [-0.39, 0.29) is 24.3 Å². The van der Waals surface area contributed by atoms with E-state index in [4.69, 9.17) is 9.47 Å². The molecular weight excluding hydrogens is 446 g/mol. The van der Waals surface area contributed by atoms with Crippen molar-refractivity contribution in [2.45, 2.75) is 18.8 Å². The van der Waals surface area contributed by atoms with Gasteiger partial charge in [0.2, 0.25) is 5.91 Å². The largest absolute Gasteiger partial charge is 0.497 e. The lowest BCUT2D eigenvalue weighted by molar-refractivity contribution is -0.117. The molecule has 1 unspecified atom stereocenters. The number of aromatic nitrogens is 3. The molecule has 3 heterocycles. The smallest absolute Gasteiger partial charge is 0.227 e. The highest BCUT2D eigenvalue weighted by atomic mass is 16.5. The molecule has 0 spiro atoms. The van der Waals surface area contributed by atoms with Crippen molar-refractivity contribution in [1.82, 2.24) is 15.2 Å². The Morgan fingerprint density at radius 2 is 1.94 bits per heavy atom. The molecule has 1 fully saturated rings. The lowest BCUT2D eigenvalue weighted by Gasteiger charge is -2.08. The van der Waals surface area contributed by atoms with Crippen LogP contribution in [0.5, 0.6) is 11.5 Å². The van der Waals surface area contributed by atoms with Crippen LogP contribution in [0.3, 0.4) is 0 Å². The molecule has 6 rings (SSSR count). The summed E-state index contributed by atoms with van der Waals surface area (Å²) in [6.45, 7) is 0.551. The quantitative estimate of drug-likeness (QED) is 0.331. The molecule has 9 heteroatoms. The van der Waals surface area contributed by atoms with Crippen LogP contribution < -0.4 is 20.1 Å². The Labute approximate surface area is 202 Å². The first-order chi connectivity index (χ1) is 17.2. The zero-order valence-corrected chi connectivity index (χ0v) is 19.3. The van der Waals surface area contributed by atoms with Gasteiger partial charge in [0.1, 0.15) is 5.75 Å². The minimum absolute atomic E-state index is 0.0134. The van der Waals surface area contributed by atoms with Gasteiger partial charge in [-0.15, -0.1) is 0 Å². The maximum absolute atomic E-state index is 11.4. The number of hydrogen-bond donors (Lipinski definition) is 4. The summed E-state index contributed by atoms with van der Waals surface area (Å²) in [5, 5.41) is 23.7. The van der Waals surface area contributed by atoms with Gasteiger partial charge in [-0.3, -0.25) is 9.89 Å². The number of amides is 1. The van der Waals surface area contributed by atoms with E-state index < -0.39 is 0 Å². The van der Waals surface area contributed by atoms with Crippen molar-refractivity contribution in [2.75, 3.05) is 31.0 Å². The van der Waals surface area contributed by atoms with Gasteiger partial charge in [0.15, 0.2) is 17.4 Å². The van der Waals surface area contributed by atoms with E-state index in [2.05, 4.69) is 25.8 Å². The number of para-hydroxylation sites is 1. The number of methoxy groups -OCH3 is 1. The number of aliphatic hydroxyl groups excluding tert-OH is 1. The third kappa shape index (κ3) is 5.04. The Balaban J connectivity index is 0.000000158. The van der Waals surface area contributed by atoms with Crippen LogP contribution in [0.15, 0.2) is 60.8 Å². The third-order valence-corrected chi connectivity index (χ3v) is 6.04. The number of hydrogen-bond acceptors (Lipinski definition) is 7. The fourth-order valence-electron chi connectivity index (χ4n) is 3.89. The summed E-state index contributed by atoms with van der Waals surface area (Å²) in [7, 11) is 1.62. The molecule has 180 valence electrons. The van der Waals surface area contributed by atoms with Crippen LogP contribution in [0, 0.1) is 5.92 Å². The van der Waals surface area contributed by atoms with E-state index in [0.29, 0.717) is 24.0 Å². The van der Waals surface area contributed by atoms with Crippen molar-refractivity contribution < 1.29 is 19.4 Å². The summed E-state index contributed by atoms with van der Waals surface area (Å²) in [6, 6.07) is 17.1. The van der Waals surface area contributed by atoms with Crippen LogP contribution in [0.4, 0.5) is 17.3 Å². The standard InChI is InChI=1S/C15H14N4O2.C11H13NO2/c20-7-9-8-21-13-10(9)5-6-16-15(13)17-14-11-3-1-2-4-12(11)18-19-14;1-14-10-6-4-9(5-7-10)12-11(13)8-2-3-8/h1-6,9,20H,7-8H2,(H2,16,17,18,19);4-8H,2-3H2,1H3,(H,12,13). The number of benzene rings is 2. The number of carbonyl (C=O) groups is 1. The molecule has 9 nitrogen and oxygen atoms in total. The molecule has 0 bridgehead atoms. The molecule has 1 aliphatic heterocycles. The molecule has 1 atom stereocenters. The van der Waals surface area contributed by atoms with Crippen molar-refractivity contribution in [2.24, 2.45) is 5.92 Å². The van der Waals surface area contributed by atoms with Crippen LogP contribution in [-0.2, 0) is 4.79 Å². The van der Waals surface area contributed by atoms with Crippen LogP contribution in [0.2, 0.25) is 0 Å². The molecule has 2 aromatic heterocycles. The minimum Gasteiger partial charge on any atom is -0.497 e. The van der Waals surface area contributed by atoms with E-state index in [1.807, 2.05) is 54.6 Å². The average Bonchev–Trinajstić information content (AvgIpc) is 3.55. The number of ether oxygens (including phenoxy) is 2. The molecule has 35 heavy (non-hydrogen) atoms. The summed E-state index contributed by atoms with van der Waals surface area (Å²) in [5.74, 6) is 3.23. The van der Waals surface area contributed by atoms with Crippen LogP contribution >= 0.6 is 0 Å². The molecule has 4 aromatic rings. The van der Waals surface area contributed by atoms with E-state index in [0.717, 1.165) is 40.7 Å². The molecule has 1 amide bonds. The van der Waals surface area contributed by atoms with Gasteiger partial charge in [0.25, 0.3) is 0 Å². The molecule has 0 saturated heterocycles. The zero-order chi connectivity index (χ0) is 24.2. The van der Waals surface area contributed by atoms with Crippen molar-refractivity contribution in [3.8, 4) is 11.5 Å². The van der Waals surface area contributed by atoms with Gasteiger partial charge in [-0.05, 0) is 55.3 Å². The topological polar surface area (TPSA) is 121 Å². The second-order valence-electron chi connectivity index (χ2n) is 8.50. The molecule has 0 radical (unpaired) electrons. The Hall–Kier alpha value is -4.11. The summed E-state index contributed by atoms with van der Waals surface area (Å²) < 4.78 is 10.7. The first kappa shape index (κ1) is 22.7. The Kier molecular flexibility index (Phi) is 6.49. The molecule has 2 aromatic carbocycles. The Morgan fingerprint density at radius 1 is 1.14 bits per heavy atom. The molecule has 1 aliphatic carbocycles. The summed E-state index contributed by atoms with van der Waals surface area (Å²) in [6.07, 6.45) is 3.78. The van der Waals surface area contributed by atoms with Gasteiger partial charge in [0.05, 0.1) is 25.8 Å². The Morgan fingerprint density at radius 3 is 2.69 bits per heavy atom. The van der Waals surface area contributed by atoms with Gasteiger partial charge in [-0.25, -0.2) is 4.98 Å². The zero-order valence-electron chi connectivity index (χ0n) is 19.3. The Bertz CT molecular complexity index is 1320. The minimum atomic E-state index is 0.0134. The van der Waals surface area contributed by atoms with Crippen molar-refractivity contribution in [3.05, 3.63) is 66.4 Å². The summed E-state index contributed by atoms with van der Waals surface area (Å²) in [5.41, 5.74) is 2.78. The second-order valence-corrected chi connectivity index (χ2v) is 8.50. The van der Waals surface area contributed by atoms with Gasteiger partial charge < -0.3 is 25.2 Å². The maximum atomic E-state index is 11.4. The number of H-pyrrole nitrogens is 1. The van der Waals surface area contributed by atoms with Crippen LogP contribution in [0.1, 0.15) is 24.3 Å². The number of aromatic amines is 1. The number of aliphatic hydroxyl groups is 1. The molecule has 4 N–H and O–H groups in total. The van der Waals surface area contributed by atoms with Crippen molar-refractivity contribution in [1.29, 1.82) is 0 Å². The molecule has 1 saturated carbocycles. The predicted octanol–water partition coefficient (Wildman–Crippen LogP) is 4.21. The third-order valence-electron chi connectivity index (χ3n) is 6.04. The van der Waals surface area contributed by atoms with E-state index in [1.165, 1.54) is 0 Å². The number of pyridine rings is 1. The number of carbonyl (C=O) groups excluding carboxylic acids is 1. The van der Waals surface area contributed by atoms with Crippen molar-refractivity contribution in [3.63, 3.8) is 0 Å². The van der Waals surface area contributed by atoms with Crippen LogP contribution in [-0.4, -0.2) is 46.5 Å². The normalized spacial score (nSPS) is 16.0. The van der Waals surface area contributed by atoms with Gasteiger partial charge >= 0.3 is 0 Å². The second kappa shape index (κ2) is 10.0. The van der Waals surface area contributed by atoms with Gasteiger partial charge in [-0.2, -0.15) is 5.10 Å². The molecule has 2 aliphatic rings. The first-order valence-electron chi connectivity index (χ1n) is 11.5. The van der Waals surface area contributed by atoms with Crippen molar-refractivity contribution >= 4 is 34.1 Å². The highest BCUT2D eigenvalue weighted by molar-refractivity contribution is 5.94. The van der Waals surface area contributed by atoms with Crippen LogP contribution in [0.25, 0.3) is 10.9 Å². The lowest BCUT2D eigenvalue weighted by Crippen LogP contribution is -2.12. The van der Waals surface area contributed by atoms with E-state index in [9.17, 15) is 9.90 Å². The summed E-state index contributed by atoms with van der Waals surface area (Å²) >= 11 is 0.